The zero-order valence-electron chi connectivity index (χ0n) is 10.6. The lowest BCUT2D eigenvalue weighted by Gasteiger charge is -2.11. The minimum atomic E-state index is 0.250. The molecule has 17 heavy (non-hydrogen) atoms. The maximum absolute atomic E-state index is 5.63. The third-order valence-electron chi connectivity index (χ3n) is 2.17. The molecular formula is C13H20BrNO2. The number of nitrogens with one attached hydrogen (secondary N) is 1. The van der Waals surface area contributed by atoms with Crippen LogP contribution in [0.2, 0.25) is 0 Å². The summed E-state index contributed by atoms with van der Waals surface area (Å²) in [5, 5.41) is 3.11. The van der Waals surface area contributed by atoms with Crippen LogP contribution in [0, 0.1) is 0 Å². The predicted octanol–water partition coefficient (Wildman–Crippen LogP) is 2.97. The van der Waals surface area contributed by atoms with Crippen LogP contribution in [0.15, 0.2) is 22.7 Å². The Balaban J connectivity index is 2.43. The smallest absolute Gasteiger partial charge is 0.133 e. The molecule has 0 aliphatic rings. The van der Waals surface area contributed by atoms with E-state index in [1.807, 2.05) is 27.0 Å². The molecule has 4 heteroatoms. The van der Waals surface area contributed by atoms with E-state index in [-0.39, 0.29) is 6.10 Å². The summed E-state index contributed by atoms with van der Waals surface area (Å²) < 4.78 is 12.0. The van der Waals surface area contributed by atoms with E-state index < -0.39 is 0 Å². The molecule has 0 radical (unpaired) electrons. The van der Waals surface area contributed by atoms with Crippen LogP contribution in [0.5, 0.6) is 5.75 Å². The molecule has 1 aromatic rings. The molecule has 0 aliphatic heterocycles. The summed E-state index contributed by atoms with van der Waals surface area (Å²) in [4.78, 5) is 0. The van der Waals surface area contributed by atoms with Crippen LogP contribution in [0.1, 0.15) is 19.4 Å². The number of hydrogen-bond donors (Lipinski definition) is 1. The van der Waals surface area contributed by atoms with Gasteiger partial charge in [-0.15, -0.1) is 0 Å². The van der Waals surface area contributed by atoms with Crippen LogP contribution in [0.3, 0.4) is 0 Å². The molecule has 0 saturated heterocycles. The molecule has 1 N–H and O–H groups in total. The summed E-state index contributed by atoms with van der Waals surface area (Å²) in [6.07, 6.45) is 0.250. The van der Waals surface area contributed by atoms with Gasteiger partial charge in [0.1, 0.15) is 12.4 Å². The molecule has 0 saturated carbocycles. The Morgan fingerprint density at radius 2 is 2.06 bits per heavy atom. The van der Waals surface area contributed by atoms with Gasteiger partial charge in [0, 0.05) is 6.54 Å². The molecular weight excluding hydrogens is 282 g/mol. The van der Waals surface area contributed by atoms with Gasteiger partial charge in [0.25, 0.3) is 0 Å². The Morgan fingerprint density at radius 1 is 1.29 bits per heavy atom. The standard InChI is InChI=1S/C13H20BrNO2/c1-10(2)16-6-7-17-13-5-4-11(9-15-3)8-12(13)14/h4-5,8,10,15H,6-7,9H2,1-3H3. The Hall–Kier alpha value is -0.580. The summed E-state index contributed by atoms with van der Waals surface area (Å²) in [6.45, 7) is 6.07. The molecule has 0 atom stereocenters. The quantitative estimate of drug-likeness (QED) is 0.786. The van der Waals surface area contributed by atoms with Gasteiger partial charge < -0.3 is 14.8 Å². The minimum Gasteiger partial charge on any atom is -0.490 e. The fourth-order valence-corrected chi connectivity index (χ4v) is 1.95. The van der Waals surface area contributed by atoms with Crippen LogP contribution < -0.4 is 10.1 Å². The van der Waals surface area contributed by atoms with Gasteiger partial charge >= 0.3 is 0 Å². The van der Waals surface area contributed by atoms with Gasteiger partial charge in [-0.05, 0) is 54.5 Å². The molecule has 0 heterocycles. The molecule has 0 amide bonds. The van der Waals surface area contributed by atoms with Gasteiger partial charge in [-0.3, -0.25) is 0 Å². The number of ether oxygens (including phenoxy) is 2. The molecule has 0 spiro atoms. The fraction of sp³-hybridized carbons (Fsp3) is 0.538. The van der Waals surface area contributed by atoms with Crippen molar-refractivity contribution >= 4 is 15.9 Å². The van der Waals surface area contributed by atoms with Crippen LogP contribution in [-0.4, -0.2) is 26.4 Å². The van der Waals surface area contributed by atoms with Crippen molar-refractivity contribution in [2.45, 2.75) is 26.5 Å². The normalized spacial score (nSPS) is 10.9. The van der Waals surface area contributed by atoms with Gasteiger partial charge in [0.15, 0.2) is 0 Å². The zero-order chi connectivity index (χ0) is 12.7. The van der Waals surface area contributed by atoms with Crippen LogP contribution >= 0.6 is 15.9 Å². The lowest BCUT2D eigenvalue weighted by Crippen LogP contribution is -2.11. The molecule has 1 rings (SSSR count). The molecule has 0 aliphatic carbocycles. The van der Waals surface area contributed by atoms with Crippen molar-refractivity contribution in [3.63, 3.8) is 0 Å². The minimum absolute atomic E-state index is 0.250. The highest BCUT2D eigenvalue weighted by Crippen LogP contribution is 2.25. The molecule has 0 aromatic heterocycles. The second-order valence-corrected chi connectivity index (χ2v) is 4.92. The summed E-state index contributed by atoms with van der Waals surface area (Å²) in [5.74, 6) is 0.859. The van der Waals surface area contributed by atoms with Crippen LogP contribution in [-0.2, 0) is 11.3 Å². The lowest BCUT2D eigenvalue weighted by atomic mass is 10.2. The van der Waals surface area contributed by atoms with E-state index in [4.69, 9.17) is 9.47 Å². The Bertz CT molecular complexity index is 342. The number of halogens is 1. The third kappa shape index (κ3) is 5.52. The predicted molar refractivity (Wildman–Crippen MR) is 73.5 cm³/mol. The van der Waals surface area contributed by atoms with Crippen LogP contribution in [0.25, 0.3) is 0 Å². The first-order valence-electron chi connectivity index (χ1n) is 5.81. The second-order valence-electron chi connectivity index (χ2n) is 4.06. The van der Waals surface area contributed by atoms with Gasteiger partial charge in [-0.1, -0.05) is 6.07 Å². The average molecular weight is 302 g/mol. The maximum atomic E-state index is 5.63. The largest absolute Gasteiger partial charge is 0.490 e. The average Bonchev–Trinajstić information content (AvgIpc) is 2.27. The van der Waals surface area contributed by atoms with E-state index in [9.17, 15) is 0 Å². The molecule has 0 fully saturated rings. The van der Waals surface area contributed by atoms with Crippen molar-refractivity contribution in [3.8, 4) is 5.75 Å². The number of hydrogen-bond acceptors (Lipinski definition) is 3. The summed E-state index contributed by atoms with van der Waals surface area (Å²) >= 11 is 3.50. The first-order chi connectivity index (χ1) is 8.13. The number of benzene rings is 1. The fourth-order valence-electron chi connectivity index (χ4n) is 1.41. The van der Waals surface area contributed by atoms with E-state index in [2.05, 4.69) is 33.4 Å². The van der Waals surface area contributed by atoms with Crippen molar-refractivity contribution in [2.24, 2.45) is 0 Å². The van der Waals surface area contributed by atoms with Crippen molar-refractivity contribution in [3.05, 3.63) is 28.2 Å². The first-order valence-corrected chi connectivity index (χ1v) is 6.60. The molecule has 0 bridgehead atoms. The van der Waals surface area contributed by atoms with Crippen molar-refractivity contribution in [1.82, 2.24) is 5.32 Å². The zero-order valence-corrected chi connectivity index (χ0v) is 12.2. The summed E-state index contributed by atoms with van der Waals surface area (Å²) in [7, 11) is 1.93. The van der Waals surface area contributed by atoms with Crippen molar-refractivity contribution in [1.29, 1.82) is 0 Å². The highest BCUT2D eigenvalue weighted by Gasteiger charge is 2.02. The lowest BCUT2D eigenvalue weighted by molar-refractivity contribution is 0.0551. The van der Waals surface area contributed by atoms with E-state index >= 15 is 0 Å². The highest BCUT2D eigenvalue weighted by atomic mass is 79.9. The van der Waals surface area contributed by atoms with Crippen LogP contribution in [0.4, 0.5) is 0 Å². The van der Waals surface area contributed by atoms with E-state index in [0.29, 0.717) is 13.2 Å². The van der Waals surface area contributed by atoms with E-state index in [1.54, 1.807) is 0 Å². The third-order valence-corrected chi connectivity index (χ3v) is 2.79. The maximum Gasteiger partial charge on any atom is 0.133 e. The molecule has 0 unspecified atom stereocenters. The summed E-state index contributed by atoms with van der Waals surface area (Å²) in [6, 6.07) is 6.10. The Labute approximate surface area is 112 Å². The van der Waals surface area contributed by atoms with E-state index in [1.165, 1.54) is 5.56 Å². The molecule has 96 valence electrons. The Kier molecular flexibility index (Phi) is 6.55. The summed E-state index contributed by atoms with van der Waals surface area (Å²) in [5.41, 5.74) is 1.23. The van der Waals surface area contributed by atoms with Gasteiger partial charge in [-0.2, -0.15) is 0 Å². The number of rotatable bonds is 7. The van der Waals surface area contributed by atoms with Gasteiger partial charge in [0.05, 0.1) is 17.2 Å². The monoisotopic (exact) mass is 301 g/mol. The molecule has 1 aromatic carbocycles. The second kappa shape index (κ2) is 7.69. The van der Waals surface area contributed by atoms with E-state index in [0.717, 1.165) is 16.8 Å². The highest BCUT2D eigenvalue weighted by molar-refractivity contribution is 9.10. The van der Waals surface area contributed by atoms with Gasteiger partial charge in [-0.25, -0.2) is 0 Å². The Morgan fingerprint density at radius 3 is 2.65 bits per heavy atom. The van der Waals surface area contributed by atoms with Gasteiger partial charge in [0.2, 0.25) is 0 Å². The van der Waals surface area contributed by atoms with Crippen molar-refractivity contribution in [2.75, 3.05) is 20.3 Å². The molecule has 3 nitrogen and oxygen atoms in total. The topological polar surface area (TPSA) is 30.5 Å². The first kappa shape index (κ1) is 14.5. The SMILES string of the molecule is CNCc1ccc(OCCOC(C)C)c(Br)c1. The van der Waals surface area contributed by atoms with Crippen molar-refractivity contribution < 1.29 is 9.47 Å².